The van der Waals surface area contributed by atoms with E-state index < -0.39 is 0 Å². The summed E-state index contributed by atoms with van der Waals surface area (Å²) in [6, 6.07) is 18.1. The third-order valence-electron chi connectivity index (χ3n) is 4.07. The van der Waals surface area contributed by atoms with Gasteiger partial charge in [0.1, 0.15) is 0 Å². The highest BCUT2D eigenvalue weighted by molar-refractivity contribution is 5.75. The van der Waals surface area contributed by atoms with Crippen LogP contribution in [-0.2, 0) is 0 Å². The number of rotatable bonds is 4. The summed E-state index contributed by atoms with van der Waals surface area (Å²) < 4.78 is 0. The molecule has 3 rings (SSSR count). The highest BCUT2D eigenvalue weighted by Crippen LogP contribution is 2.24. The van der Waals surface area contributed by atoms with E-state index in [-0.39, 0.29) is 6.04 Å². The molecule has 0 saturated heterocycles. The zero-order chi connectivity index (χ0) is 16.1. The van der Waals surface area contributed by atoms with E-state index in [2.05, 4.69) is 42.5 Å². The monoisotopic (exact) mass is 302 g/mol. The average Bonchev–Trinajstić information content (AvgIpc) is 2.63. The van der Waals surface area contributed by atoms with E-state index >= 15 is 0 Å². The van der Waals surface area contributed by atoms with Crippen molar-refractivity contribution in [1.82, 2.24) is 0 Å². The molecule has 0 spiro atoms. The van der Waals surface area contributed by atoms with Gasteiger partial charge in [-0.1, -0.05) is 66.8 Å². The Morgan fingerprint density at radius 2 is 1.83 bits per heavy atom. The normalized spacial score (nSPS) is 16.0. The van der Waals surface area contributed by atoms with Gasteiger partial charge in [0.2, 0.25) is 0 Å². The van der Waals surface area contributed by atoms with Crippen molar-refractivity contribution in [3.63, 3.8) is 0 Å². The van der Waals surface area contributed by atoms with Crippen molar-refractivity contribution in [2.45, 2.75) is 18.9 Å². The summed E-state index contributed by atoms with van der Waals surface area (Å²) in [5, 5.41) is 0. The quantitative estimate of drug-likeness (QED) is 0.878. The Morgan fingerprint density at radius 1 is 1.00 bits per heavy atom. The Balaban J connectivity index is 1.84. The maximum Gasteiger partial charge on any atom is 0.0504 e. The van der Waals surface area contributed by atoms with E-state index in [9.17, 15) is 0 Å². The van der Waals surface area contributed by atoms with E-state index in [0.29, 0.717) is 5.70 Å². The van der Waals surface area contributed by atoms with E-state index in [1.54, 1.807) is 0 Å². The van der Waals surface area contributed by atoms with Gasteiger partial charge in [0.25, 0.3) is 0 Å². The van der Waals surface area contributed by atoms with Crippen LogP contribution in [0.1, 0.15) is 35.6 Å². The second-order valence-corrected chi connectivity index (χ2v) is 5.78. The fourth-order valence-corrected chi connectivity index (χ4v) is 2.77. The van der Waals surface area contributed by atoms with E-state index in [1.807, 2.05) is 36.4 Å². The molecule has 116 valence electrons. The summed E-state index contributed by atoms with van der Waals surface area (Å²) >= 11 is 0. The van der Waals surface area contributed by atoms with Gasteiger partial charge < -0.3 is 11.5 Å². The lowest BCUT2D eigenvalue weighted by molar-refractivity contribution is 0.910. The molecule has 1 aliphatic carbocycles. The van der Waals surface area contributed by atoms with Crippen LogP contribution in [0.25, 0.3) is 11.3 Å². The van der Waals surface area contributed by atoms with Crippen molar-refractivity contribution >= 4 is 11.3 Å². The Labute approximate surface area is 137 Å². The summed E-state index contributed by atoms with van der Waals surface area (Å²) in [4.78, 5) is 0. The van der Waals surface area contributed by atoms with E-state index in [1.165, 1.54) is 11.1 Å². The first-order valence-electron chi connectivity index (χ1n) is 7.99. The van der Waals surface area contributed by atoms with Crippen LogP contribution < -0.4 is 11.5 Å². The first-order chi connectivity index (χ1) is 11.2. The SMILES string of the molecule is N/C(=C\C(N)c1cccc(C2=CCCC=C2)c1)c1ccccc1. The molecular weight excluding hydrogens is 280 g/mol. The fourth-order valence-electron chi connectivity index (χ4n) is 2.77. The summed E-state index contributed by atoms with van der Waals surface area (Å²) in [7, 11) is 0. The molecule has 0 saturated carbocycles. The molecule has 2 aromatic rings. The minimum Gasteiger partial charge on any atom is -0.398 e. The molecule has 0 bridgehead atoms. The summed E-state index contributed by atoms with van der Waals surface area (Å²) in [5.41, 5.74) is 17.8. The van der Waals surface area contributed by atoms with Crippen molar-refractivity contribution < 1.29 is 0 Å². The molecule has 2 aromatic carbocycles. The van der Waals surface area contributed by atoms with Crippen LogP contribution in [0.5, 0.6) is 0 Å². The fraction of sp³-hybridized carbons (Fsp3) is 0.143. The molecule has 0 aromatic heterocycles. The van der Waals surface area contributed by atoms with E-state index in [4.69, 9.17) is 11.5 Å². The minimum absolute atomic E-state index is 0.219. The van der Waals surface area contributed by atoms with Crippen LogP contribution in [0.15, 0.2) is 78.9 Å². The molecule has 0 fully saturated rings. The Hall–Kier alpha value is -2.58. The molecule has 2 nitrogen and oxygen atoms in total. The number of benzene rings is 2. The summed E-state index contributed by atoms with van der Waals surface area (Å²) in [6.45, 7) is 0. The van der Waals surface area contributed by atoms with Crippen molar-refractivity contribution in [1.29, 1.82) is 0 Å². The number of nitrogens with two attached hydrogens (primary N) is 2. The predicted octanol–water partition coefficient (Wildman–Crippen LogP) is 4.42. The smallest absolute Gasteiger partial charge is 0.0504 e. The standard InChI is InChI=1S/C21H22N2/c22-20(17-10-5-2-6-11-17)15-21(23)19-13-7-12-18(14-19)16-8-3-1-4-9-16/h2-3,5-15,21H,1,4,22-23H2/b20-15-. The van der Waals surface area contributed by atoms with Crippen molar-refractivity contribution in [3.05, 3.63) is 95.6 Å². The molecule has 1 unspecified atom stereocenters. The average molecular weight is 302 g/mol. The molecule has 23 heavy (non-hydrogen) atoms. The zero-order valence-corrected chi connectivity index (χ0v) is 13.2. The van der Waals surface area contributed by atoms with Gasteiger partial charge in [-0.05, 0) is 47.2 Å². The van der Waals surface area contributed by atoms with Crippen LogP contribution in [0, 0.1) is 0 Å². The highest BCUT2D eigenvalue weighted by Gasteiger charge is 2.08. The minimum atomic E-state index is -0.219. The lowest BCUT2D eigenvalue weighted by Gasteiger charge is -2.13. The van der Waals surface area contributed by atoms with Crippen LogP contribution in [0.2, 0.25) is 0 Å². The molecule has 0 heterocycles. The van der Waals surface area contributed by atoms with E-state index in [0.717, 1.165) is 24.0 Å². The molecule has 1 atom stereocenters. The van der Waals surface area contributed by atoms with Gasteiger partial charge in [-0.3, -0.25) is 0 Å². The predicted molar refractivity (Wildman–Crippen MR) is 98.3 cm³/mol. The first kappa shape index (κ1) is 15.3. The topological polar surface area (TPSA) is 52.0 Å². The summed E-state index contributed by atoms with van der Waals surface area (Å²) in [5.74, 6) is 0. The van der Waals surface area contributed by atoms with Gasteiger partial charge in [0.05, 0.1) is 6.04 Å². The molecule has 0 aliphatic heterocycles. The van der Waals surface area contributed by atoms with Crippen molar-refractivity contribution in [3.8, 4) is 0 Å². The van der Waals surface area contributed by atoms with Crippen LogP contribution in [0.4, 0.5) is 0 Å². The van der Waals surface area contributed by atoms with Crippen LogP contribution in [0.3, 0.4) is 0 Å². The Bertz CT molecular complexity index is 754. The third kappa shape index (κ3) is 3.79. The van der Waals surface area contributed by atoms with Gasteiger partial charge in [-0.15, -0.1) is 0 Å². The maximum atomic E-state index is 6.34. The van der Waals surface area contributed by atoms with Gasteiger partial charge >= 0.3 is 0 Å². The van der Waals surface area contributed by atoms with Gasteiger partial charge in [-0.25, -0.2) is 0 Å². The number of allylic oxidation sites excluding steroid dienone is 4. The second-order valence-electron chi connectivity index (χ2n) is 5.78. The first-order valence-corrected chi connectivity index (χ1v) is 7.99. The molecule has 0 amide bonds. The highest BCUT2D eigenvalue weighted by atomic mass is 14.6. The van der Waals surface area contributed by atoms with Crippen molar-refractivity contribution in [2.24, 2.45) is 11.5 Å². The zero-order valence-electron chi connectivity index (χ0n) is 13.2. The van der Waals surface area contributed by atoms with Gasteiger partial charge in [0, 0.05) is 5.70 Å². The molecular formula is C21H22N2. The van der Waals surface area contributed by atoms with Crippen LogP contribution in [-0.4, -0.2) is 0 Å². The lowest BCUT2D eigenvalue weighted by atomic mass is 9.95. The molecule has 4 N–H and O–H groups in total. The maximum absolute atomic E-state index is 6.34. The van der Waals surface area contributed by atoms with Crippen LogP contribution >= 0.6 is 0 Å². The number of hydrogen-bond donors (Lipinski definition) is 2. The van der Waals surface area contributed by atoms with Crippen molar-refractivity contribution in [2.75, 3.05) is 0 Å². The Morgan fingerprint density at radius 3 is 2.57 bits per heavy atom. The van der Waals surface area contributed by atoms with Gasteiger partial charge in [0.15, 0.2) is 0 Å². The van der Waals surface area contributed by atoms with Gasteiger partial charge in [-0.2, -0.15) is 0 Å². The Kier molecular flexibility index (Phi) is 4.74. The molecule has 1 aliphatic rings. The third-order valence-corrected chi connectivity index (χ3v) is 4.07. The second kappa shape index (κ2) is 7.12. The lowest BCUT2D eigenvalue weighted by Crippen LogP contribution is -2.10. The largest absolute Gasteiger partial charge is 0.398 e. The number of hydrogen-bond acceptors (Lipinski definition) is 2. The summed E-state index contributed by atoms with van der Waals surface area (Å²) in [6.07, 6.45) is 10.8. The molecule has 2 heteroatoms. The molecule has 0 radical (unpaired) electrons.